The van der Waals surface area contributed by atoms with E-state index >= 15 is 8.78 Å². The second kappa shape index (κ2) is 10.7. The zero-order valence-corrected chi connectivity index (χ0v) is 18.8. The lowest BCUT2D eigenvalue weighted by atomic mass is 10.0. The van der Waals surface area contributed by atoms with Gasteiger partial charge in [0.1, 0.15) is 35.0 Å². The van der Waals surface area contributed by atoms with Crippen molar-refractivity contribution in [3.8, 4) is 5.75 Å². The minimum atomic E-state index is -4.58. The van der Waals surface area contributed by atoms with E-state index in [-0.39, 0.29) is 29.0 Å². The summed E-state index contributed by atoms with van der Waals surface area (Å²) in [5.41, 5.74) is -0.897. The van der Waals surface area contributed by atoms with Gasteiger partial charge in [0.2, 0.25) is 5.96 Å². The Kier molecular flexibility index (Phi) is 8.14. The van der Waals surface area contributed by atoms with Crippen molar-refractivity contribution >= 4 is 29.5 Å². The molecule has 1 unspecified atom stereocenters. The largest absolute Gasteiger partial charge is 0.493 e. The van der Waals surface area contributed by atoms with Crippen LogP contribution in [0.3, 0.4) is 0 Å². The number of hydrogen-bond acceptors (Lipinski definition) is 7. The zero-order valence-electron chi connectivity index (χ0n) is 18.0. The lowest BCUT2D eigenvalue weighted by Gasteiger charge is -2.34. The zero-order chi connectivity index (χ0) is 24.2. The average molecular weight is 495 g/mol. The van der Waals surface area contributed by atoms with E-state index in [4.69, 9.17) is 16.3 Å². The van der Waals surface area contributed by atoms with Crippen LogP contribution in [0.2, 0.25) is 0 Å². The molecule has 13 heteroatoms. The second-order valence-corrected chi connectivity index (χ2v) is 7.71. The Hall–Kier alpha value is -2.44. The van der Waals surface area contributed by atoms with Gasteiger partial charge in [0, 0.05) is 24.3 Å². The SMILES string of the molecule is CCCN1C=NN2C1=NC(Cl)=C(c1c(F)cc(OCCCNC)cc1F)C2NCC(F)(F)F. The normalized spacial score (nSPS) is 18.2. The van der Waals surface area contributed by atoms with Crippen LogP contribution in [0.4, 0.5) is 22.0 Å². The highest BCUT2D eigenvalue weighted by Gasteiger charge is 2.41. The fourth-order valence-corrected chi connectivity index (χ4v) is 3.68. The number of hydrogen-bond donors (Lipinski definition) is 2. The van der Waals surface area contributed by atoms with Gasteiger partial charge in [0.05, 0.1) is 18.7 Å². The maximum atomic E-state index is 15.0. The first kappa shape index (κ1) is 25.2. The molecule has 2 aliphatic heterocycles. The number of hydrazone groups is 1. The number of nitrogens with zero attached hydrogens (tertiary/aromatic N) is 4. The first-order valence-electron chi connectivity index (χ1n) is 10.3. The first-order chi connectivity index (χ1) is 15.7. The molecule has 0 bridgehead atoms. The fourth-order valence-electron chi connectivity index (χ4n) is 3.40. The maximum Gasteiger partial charge on any atom is 0.401 e. The molecule has 2 heterocycles. The minimum Gasteiger partial charge on any atom is -0.493 e. The molecule has 0 fully saturated rings. The van der Waals surface area contributed by atoms with Gasteiger partial charge in [0.25, 0.3) is 0 Å². The van der Waals surface area contributed by atoms with Crippen LogP contribution in [-0.4, -0.2) is 67.8 Å². The van der Waals surface area contributed by atoms with Crippen LogP contribution in [0.15, 0.2) is 27.4 Å². The van der Waals surface area contributed by atoms with Crippen molar-refractivity contribution in [3.05, 3.63) is 34.5 Å². The van der Waals surface area contributed by atoms with E-state index in [1.54, 1.807) is 11.9 Å². The van der Waals surface area contributed by atoms with Gasteiger partial charge in [0.15, 0.2) is 0 Å². The molecule has 0 aromatic heterocycles. The maximum absolute atomic E-state index is 15.0. The average Bonchev–Trinajstić information content (AvgIpc) is 3.12. The number of guanidine groups is 1. The van der Waals surface area contributed by atoms with Gasteiger partial charge in [-0.1, -0.05) is 18.5 Å². The molecule has 33 heavy (non-hydrogen) atoms. The fraction of sp³-hybridized carbons (Fsp3) is 0.500. The lowest BCUT2D eigenvalue weighted by molar-refractivity contribution is -0.126. The molecule has 2 N–H and O–H groups in total. The summed E-state index contributed by atoms with van der Waals surface area (Å²) in [6.45, 7) is 1.82. The molecule has 1 aromatic rings. The van der Waals surface area contributed by atoms with Gasteiger partial charge in [-0.05, 0) is 26.4 Å². The molecule has 182 valence electrons. The quantitative estimate of drug-likeness (QED) is 0.295. The van der Waals surface area contributed by atoms with E-state index in [1.165, 1.54) is 6.34 Å². The Labute approximate surface area is 192 Å². The Morgan fingerprint density at radius 1 is 1.21 bits per heavy atom. The van der Waals surface area contributed by atoms with E-state index in [2.05, 4.69) is 20.7 Å². The van der Waals surface area contributed by atoms with Crippen molar-refractivity contribution in [1.82, 2.24) is 20.5 Å². The molecule has 0 amide bonds. The molecule has 0 radical (unpaired) electrons. The molecule has 0 saturated heterocycles. The molecular formula is C20H24ClF5N6O. The van der Waals surface area contributed by atoms with E-state index in [0.29, 0.717) is 25.9 Å². The van der Waals surface area contributed by atoms with Crippen molar-refractivity contribution in [2.75, 3.05) is 33.3 Å². The van der Waals surface area contributed by atoms with Crippen molar-refractivity contribution in [3.63, 3.8) is 0 Å². The van der Waals surface area contributed by atoms with Crippen LogP contribution in [-0.2, 0) is 0 Å². The molecular weight excluding hydrogens is 471 g/mol. The molecule has 0 aliphatic carbocycles. The van der Waals surface area contributed by atoms with Crippen molar-refractivity contribution < 1.29 is 26.7 Å². The number of nitrogens with one attached hydrogen (secondary N) is 2. The summed E-state index contributed by atoms with van der Waals surface area (Å²) in [5, 5.41) is 10.1. The predicted octanol–water partition coefficient (Wildman–Crippen LogP) is 3.68. The molecule has 1 aromatic carbocycles. The molecule has 3 rings (SSSR count). The molecule has 0 saturated carbocycles. The van der Waals surface area contributed by atoms with Crippen molar-refractivity contribution in [2.45, 2.75) is 32.1 Å². The van der Waals surface area contributed by atoms with Crippen LogP contribution in [0.25, 0.3) is 5.57 Å². The van der Waals surface area contributed by atoms with Crippen LogP contribution in [0, 0.1) is 11.6 Å². The van der Waals surface area contributed by atoms with Crippen LogP contribution >= 0.6 is 11.6 Å². The molecule has 2 aliphatic rings. The number of fused-ring (bicyclic) bond motifs is 1. The second-order valence-electron chi connectivity index (χ2n) is 7.35. The summed E-state index contributed by atoms with van der Waals surface area (Å²) in [6.07, 6.45) is -3.29. The first-order valence-corrected chi connectivity index (χ1v) is 10.7. The highest BCUT2D eigenvalue weighted by atomic mass is 35.5. The topological polar surface area (TPSA) is 64.5 Å². The third kappa shape index (κ3) is 5.92. The number of ether oxygens (including phenoxy) is 1. The van der Waals surface area contributed by atoms with E-state index in [9.17, 15) is 13.2 Å². The van der Waals surface area contributed by atoms with E-state index in [1.807, 2.05) is 6.92 Å². The van der Waals surface area contributed by atoms with Crippen LogP contribution < -0.4 is 15.4 Å². The van der Waals surface area contributed by atoms with E-state index in [0.717, 1.165) is 17.1 Å². The van der Waals surface area contributed by atoms with Gasteiger partial charge in [-0.25, -0.2) is 18.8 Å². The van der Waals surface area contributed by atoms with Gasteiger partial charge in [-0.15, -0.1) is 0 Å². The molecule has 1 atom stereocenters. The summed E-state index contributed by atoms with van der Waals surface area (Å²) in [7, 11) is 1.76. The minimum absolute atomic E-state index is 0.0466. The van der Waals surface area contributed by atoms with Gasteiger partial charge < -0.3 is 10.1 Å². The van der Waals surface area contributed by atoms with Gasteiger partial charge in [-0.2, -0.15) is 18.3 Å². The summed E-state index contributed by atoms with van der Waals surface area (Å²) in [6, 6.07) is 1.93. The Morgan fingerprint density at radius 2 is 1.91 bits per heavy atom. The van der Waals surface area contributed by atoms with Gasteiger partial charge >= 0.3 is 6.18 Å². The Morgan fingerprint density at radius 3 is 2.52 bits per heavy atom. The number of alkyl halides is 3. The Balaban J connectivity index is 1.99. The van der Waals surface area contributed by atoms with Crippen molar-refractivity contribution in [2.24, 2.45) is 10.1 Å². The molecule has 0 spiro atoms. The third-order valence-electron chi connectivity index (χ3n) is 4.80. The van der Waals surface area contributed by atoms with Crippen LogP contribution in [0.5, 0.6) is 5.75 Å². The molecule has 7 nitrogen and oxygen atoms in total. The standard InChI is InChI=1S/C20H24ClF5N6O/c1-3-6-31-11-29-32-18(28-10-20(24,25)26)16(17(21)30-19(31)32)15-13(22)8-12(9-14(15)23)33-7-4-5-27-2/h8-9,11,18,27-28H,3-7,10H2,1-2H3. The highest BCUT2D eigenvalue weighted by Crippen LogP contribution is 2.38. The summed E-state index contributed by atoms with van der Waals surface area (Å²) in [4.78, 5) is 5.76. The summed E-state index contributed by atoms with van der Waals surface area (Å²) >= 11 is 6.29. The number of aliphatic imine (C=N–C) groups is 1. The van der Waals surface area contributed by atoms with Gasteiger partial charge in [-0.3, -0.25) is 10.2 Å². The smallest absolute Gasteiger partial charge is 0.401 e. The number of rotatable bonds is 10. The highest BCUT2D eigenvalue weighted by molar-refractivity contribution is 6.34. The third-order valence-corrected chi connectivity index (χ3v) is 5.09. The lowest BCUT2D eigenvalue weighted by Crippen LogP contribution is -2.52. The number of halogens is 6. The summed E-state index contributed by atoms with van der Waals surface area (Å²) < 4.78 is 74.4. The van der Waals surface area contributed by atoms with E-state index < -0.39 is 36.1 Å². The summed E-state index contributed by atoms with van der Waals surface area (Å²) in [5.74, 6) is -1.97. The van der Waals surface area contributed by atoms with Crippen molar-refractivity contribution in [1.29, 1.82) is 0 Å². The van der Waals surface area contributed by atoms with Crippen LogP contribution in [0.1, 0.15) is 25.3 Å². The Bertz CT molecular complexity index is 928. The number of benzene rings is 1. The predicted molar refractivity (Wildman–Crippen MR) is 116 cm³/mol. The monoisotopic (exact) mass is 494 g/mol.